The van der Waals surface area contributed by atoms with Gasteiger partial charge >= 0.3 is 0 Å². The van der Waals surface area contributed by atoms with Crippen molar-refractivity contribution in [3.63, 3.8) is 0 Å². The van der Waals surface area contributed by atoms with Gasteiger partial charge in [0.2, 0.25) is 0 Å². The first-order valence-corrected chi connectivity index (χ1v) is 8.30. The summed E-state index contributed by atoms with van der Waals surface area (Å²) in [6.45, 7) is 1.03. The zero-order valence-electron chi connectivity index (χ0n) is 13.0. The molecule has 0 unspecified atom stereocenters. The third kappa shape index (κ3) is 2.81. The second-order valence-corrected chi connectivity index (χ2v) is 6.29. The predicted molar refractivity (Wildman–Crippen MR) is 95.4 cm³/mol. The number of halogens is 1. The number of aryl methyl sites for hydroxylation is 1. The Morgan fingerprint density at radius 3 is 2.79 bits per heavy atom. The molecule has 4 nitrogen and oxygen atoms in total. The van der Waals surface area contributed by atoms with Gasteiger partial charge in [-0.25, -0.2) is 4.98 Å². The molecule has 2 heterocycles. The van der Waals surface area contributed by atoms with Crippen LogP contribution in [0.3, 0.4) is 0 Å². The average Bonchev–Trinajstić information content (AvgIpc) is 3.19. The lowest BCUT2D eigenvalue weighted by Crippen LogP contribution is -2.11. The fourth-order valence-electron chi connectivity index (χ4n) is 3.05. The summed E-state index contributed by atoms with van der Waals surface area (Å²) < 4.78 is 2.26. The smallest absolute Gasteiger partial charge is 0.255 e. The molecule has 3 aromatic rings. The van der Waals surface area contributed by atoms with Crippen LogP contribution < -0.4 is 5.32 Å². The molecule has 0 fully saturated rings. The first-order chi connectivity index (χ1) is 11.7. The van der Waals surface area contributed by atoms with Crippen LogP contribution in [0.25, 0.3) is 11.3 Å². The first kappa shape index (κ1) is 15.0. The van der Waals surface area contributed by atoms with Gasteiger partial charge in [0, 0.05) is 29.2 Å². The van der Waals surface area contributed by atoms with Crippen molar-refractivity contribution in [1.29, 1.82) is 0 Å². The van der Waals surface area contributed by atoms with E-state index in [1.54, 1.807) is 24.3 Å². The Kier molecular flexibility index (Phi) is 3.82. The zero-order valence-corrected chi connectivity index (χ0v) is 13.8. The van der Waals surface area contributed by atoms with E-state index in [1.165, 1.54) is 0 Å². The van der Waals surface area contributed by atoms with Gasteiger partial charge in [-0.1, -0.05) is 29.8 Å². The molecule has 24 heavy (non-hydrogen) atoms. The highest BCUT2D eigenvalue weighted by atomic mass is 35.5. The van der Waals surface area contributed by atoms with Crippen LogP contribution in [0, 0.1) is 0 Å². The highest BCUT2D eigenvalue weighted by Crippen LogP contribution is 2.26. The monoisotopic (exact) mass is 337 g/mol. The molecule has 0 bridgehead atoms. The van der Waals surface area contributed by atoms with Gasteiger partial charge in [-0.15, -0.1) is 0 Å². The molecule has 1 aliphatic rings. The Morgan fingerprint density at radius 2 is 2.00 bits per heavy atom. The van der Waals surface area contributed by atoms with Crippen LogP contribution in [-0.4, -0.2) is 15.5 Å². The number of nitrogens with one attached hydrogen (secondary N) is 1. The van der Waals surface area contributed by atoms with Crippen LogP contribution in [0.5, 0.6) is 0 Å². The topological polar surface area (TPSA) is 46.9 Å². The molecule has 0 aliphatic carbocycles. The Balaban J connectivity index is 1.53. The number of hydrogen-bond donors (Lipinski definition) is 1. The number of imidazole rings is 1. The molecular formula is C19H16ClN3O. The summed E-state index contributed by atoms with van der Waals surface area (Å²) in [5.74, 6) is 0.985. The van der Waals surface area contributed by atoms with Gasteiger partial charge in [-0.3, -0.25) is 4.79 Å². The highest BCUT2D eigenvalue weighted by Gasteiger charge is 2.16. The van der Waals surface area contributed by atoms with Crippen molar-refractivity contribution in [2.45, 2.75) is 19.4 Å². The third-order valence-electron chi connectivity index (χ3n) is 4.25. The number of carbonyl (C=O) groups is 1. The van der Waals surface area contributed by atoms with E-state index >= 15 is 0 Å². The SMILES string of the molecule is O=C(Nc1ccc(-c2cnc3n2CCC3)cc1)c1cccc(Cl)c1. The molecule has 1 amide bonds. The fraction of sp³-hybridized carbons (Fsp3) is 0.158. The van der Waals surface area contributed by atoms with E-state index < -0.39 is 0 Å². The van der Waals surface area contributed by atoms with Crippen molar-refractivity contribution >= 4 is 23.2 Å². The van der Waals surface area contributed by atoms with Gasteiger partial charge in [0.05, 0.1) is 11.9 Å². The predicted octanol–water partition coefficient (Wildman–Crippen LogP) is 4.40. The molecule has 0 radical (unpaired) electrons. The van der Waals surface area contributed by atoms with Crippen LogP contribution in [0.1, 0.15) is 22.6 Å². The van der Waals surface area contributed by atoms with Crippen LogP contribution in [0.2, 0.25) is 5.02 Å². The normalized spacial score (nSPS) is 12.9. The van der Waals surface area contributed by atoms with Crippen LogP contribution in [-0.2, 0) is 13.0 Å². The summed E-state index contributed by atoms with van der Waals surface area (Å²) in [6.07, 6.45) is 4.13. The van der Waals surface area contributed by atoms with E-state index in [4.69, 9.17) is 11.6 Å². The number of nitrogens with zero attached hydrogens (tertiary/aromatic N) is 2. The minimum atomic E-state index is -0.171. The second kappa shape index (κ2) is 6.13. The molecule has 5 heteroatoms. The number of fused-ring (bicyclic) bond motifs is 1. The summed E-state index contributed by atoms with van der Waals surface area (Å²) in [6, 6.07) is 14.7. The van der Waals surface area contributed by atoms with E-state index in [1.807, 2.05) is 30.5 Å². The lowest BCUT2D eigenvalue weighted by molar-refractivity contribution is 0.102. The summed E-state index contributed by atoms with van der Waals surface area (Å²) in [7, 11) is 0. The summed E-state index contributed by atoms with van der Waals surface area (Å²) in [4.78, 5) is 16.7. The standard InChI is InChI=1S/C19H16ClN3O/c20-15-4-1-3-14(11-15)19(24)22-16-8-6-13(7-9-16)17-12-21-18-5-2-10-23(17)18/h1,3-4,6-9,11-12H,2,5,10H2,(H,22,24). The Labute approximate surface area is 145 Å². The van der Waals surface area contributed by atoms with Crippen molar-refractivity contribution in [2.24, 2.45) is 0 Å². The number of benzene rings is 2. The lowest BCUT2D eigenvalue weighted by atomic mass is 10.1. The molecule has 0 spiro atoms. The van der Waals surface area contributed by atoms with E-state index in [0.29, 0.717) is 10.6 Å². The van der Waals surface area contributed by atoms with Gasteiger partial charge in [-0.05, 0) is 42.3 Å². The van der Waals surface area contributed by atoms with Gasteiger partial charge in [0.15, 0.2) is 0 Å². The molecule has 1 N–H and O–H groups in total. The molecule has 1 aliphatic heterocycles. The number of carbonyl (C=O) groups excluding carboxylic acids is 1. The van der Waals surface area contributed by atoms with Crippen molar-refractivity contribution in [3.8, 4) is 11.3 Å². The van der Waals surface area contributed by atoms with Crippen molar-refractivity contribution < 1.29 is 4.79 Å². The van der Waals surface area contributed by atoms with Gasteiger partial charge in [0.1, 0.15) is 5.82 Å². The Morgan fingerprint density at radius 1 is 1.17 bits per heavy atom. The van der Waals surface area contributed by atoms with Gasteiger partial charge < -0.3 is 9.88 Å². The Hall–Kier alpha value is -2.59. The molecule has 0 saturated heterocycles. The van der Waals surface area contributed by atoms with E-state index in [0.717, 1.165) is 42.2 Å². The van der Waals surface area contributed by atoms with Crippen molar-refractivity contribution in [2.75, 3.05) is 5.32 Å². The fourth-order valence-corrected chi connectivity index (χ4v) is 3.24. The number of hydrogen-bond acceptors (Lipinski definition) is 2. The number of anilines is 1. The minimum absolute atomic E-state index is 0.171. The van der Waals surface area contributed by atoms with E-state index in [-0.39, 0.29) is 5.91 Å². The number of aromatic nitrogens is 2. The maximum atomic E-state index is 12.2. The molecule has 0 atom stereocenters. The quantitative estimate of drug-likeness (QED) is 0.770. The molecule has 2 aromatic carbocycles. The summed E-state index contributed by atoms with van der Waals surface area (Å²) >= 11 is 5.93. The van der Waals surface area contributed by atoms with Crippen LogP contribution in [0.15, 0.2) is 54.7 Å². The summed E-state index contributed by atoms with van der Waals surface area (Å²) in [5.41, 5.74) is 3.54. The number of amides is 1. The van der Waals surface area contributed by atoms with E-state index in [9.17, 15) is 4.79 Å². The van der Waals surface area contributed by atoms with Crippen molar-refractivity contribution in [1.82, 2.24) is 9.55 Å². The maximum absolute atomic E-state index is 12.2. The van der Waals surface area contributed by atoms with Crippen LogP contribution in [0.4, 0.5) is 5.69 Å². The van der Waals surface area contributed by atoms with Crippen LogP contribution >= 0.6 is 11.6 Å². The lowest BCUT2D eigenvalue weighted by Gasteiger charge is -2.08. The largest absolute Gasteiger partial charge is 0.328 e. The molecule has 4 rings (SSSR count). The molecule has 1 aromatic heterocycles. The molecule has 0 saturated carbocycles. The first-order valence-electron chi connectivity index (χ1n) is 7.92. The molecular weight excluding hydrogens is 322 g/mol. The van der Waals surface area contributed by atoms with E-state index in [2.05, 4.69) is 14.9 Å². The number of rotatable bonds is 3. The Bertz CT molecular complexity index is 899. The van der Waals surface area contributed by atoms with Crippen molar-refractivity contribution in [3.05, 3.63) is 71.1 Å². The summed E-state index contributed by atoms with van der Waals surface area (Å²) in [5, 5.41) is 3.44. The average molecular weight is 338 g/mol. The zero-order chi connectivity index (χ0) is 16.5. The highest BCUT2D eigenvalue weighted by molar-refractivity contribution is 6.31. The third-order valence-corrected chi connectivity index (χ3v) is 4.48. The minimum Gasteiger partial charge on any atom is -0.328 e. The van der Waals surface area contributed by atoms with Gasteiger partial charge in [0.25, 0.3) is 5.91 Å². The second-order valence-electron chi connectivity index (χ2n) is 5.86. The molecule has 120 valence electrons. The maximum Gasteiger partial charge on any atom is 0.255 e. The van der Waals surface area contributed by atoms with Gasteiger partial charge in [-0.2, -0.15) is 0 Å².